The van der Waals surface area contributed by atoms with E-state index >= 15 is 0 Å². The van der Waals surface area contributed by atoms with Crippen LogP contribution in [0, 0.1) is 0 Å². The summed E-state index contributed by atoms with van der Waals surface area (Å²) in [6.45, 7) is 1.64. The molecule has 32 heavy (non-hydrogen) atoms. The summed E-state index contributed by atoms with van der Waals surface area (Å²) in [4.78, 5) is 32.3. The van der Waals surface area contributed by atoms with Gasteiger partial charge in [-0.1, -0.05) is 0 Å². The van der Waals surface area contributed by atoms with Gasteiger partial charge in [-0.05, 0) is 37.5 Å². The molecule has 0 spiro atoms. The zero-order valence-electron chi connectivity index (χ0n) is 17.0. The van der Waals surface area contributed by atoms with Crippen molar-refractivity contribution >= 4 is 34.9 Å². The lowest BCUT2D eigenvalue weighted by Crippen LogP contribution is -2.41. The highest BCUT2D eigenvalue weighted by molar-refractivity contribution is 7.17. The van der Waals surface area contributed by atoms with Crippen molar-refractivity contribution in [1.82, 2.24) is 29.5 Å². The highest BCUT2D eigenvalue weighted by atomic mass is 32.1. The fourth-order valence-corrected chi connectivity index (χ4v) is 4.53. The molecule has 1 aliphatic carbocycles. The Morgan fingerprint density at radius 1 is 1.31 bits per heavy atom. The fraction of sp³-hybridized carbons (Fsp3) is 0.286. The lowest BCUT2D eigenvalue weighted by molar-refractivity contribution is 0.0657. The molecule has 10 nitrogen and oxygen atoms in total. The Balaban J connectivity index is 1.49. The predicted octanol–water partition coefficient (Wildman–Crippen LogP) is 0.925. The van der Waals surface area contributed by atoms with Gasteiger partial charge in [0.1, 0.15) is 5.69 Å². The van der Waals surface area contributed by atoms with Crippen LogP contribution in [0.5, 0.6) is 5.88 Å². The number of aromatic nitrogens is 5. The van der Waals surface area contributed by atoms with E-state index in [0.29, 0.717) is 33.0 Å². The summed E-state index contributed by atoms with van der Waals surface area (Å²) in [6, 6.07) is 6.00. The van der Waals surface area contributed by atoms with Crippen molar-refractivity contribution in [3.63, 3.8) is 0 Å². The number of thiophene rings is 1. The largest absolute Gasteiger partial charge is 0.492 e. The smallest absolute Gasteiger partial charge is 0.263 e. The van der Waals surface area contributed by atoms with Crippen LogP contribution >= 0.6 is 11.3 Å². The molecule has 6 rings (SSSR count). The first-order chi connectivity index (χ1) is 15.5. The van der Waals surface area contributed by atoms with Crippen molar-refractivity contribution in [2.24, 2.45) is 4.99 Å². The molecule has 11 heteroatoms. The first-order valence-electron chi connectivity index (χ1n) is 10.4. The van der Waals surface area contributed by atoms with Gasteiger partial charge >= 0.3 is 0 Å². The second kappa shape index (κ2) is 7.16. The molecule has 0 unspecified atom stereocenters. The molecule has 2 aliphatic rings. The van der Waals surface area contributed by atoms with Crippen LogP contribution in [-0.2, 0) is 0 Å². The summed E-state index contributed by atoms with van der Waals surface area (Å²) in [6.07, 6.45) is 6.56. The number of carbonyl (C=O) groups excluding carboxylic acids is 1. The number of likely N-dealkylation sites (tertiary alicyclic amines) is 1. The molecule has 0 radical (unpaired) electrons. The molecule has 4 aromatic heterocycles. The molecule has 0 aromatic carbocycles. The average Bonchev–Trinajstić information content (AvgIpc) is 3.11. The molecular formula is C21H20N8O2S. The average molecular weight is 449 g/mol. The number of H-pyrrole nitrogens is 1. The first-order valence-corrected chi connectivity index (χ1v) is 11.2. The van der Waals surface area contributed by atoms with Crippen molar-refractivity contribution < 1.29 is 9.90 Å². The third kappa shape index (κ3) is 3.30. The summed E-state index contributed by atoms with van der Waals surface area (Å²) in [5.74, 6) is 0.0109. The zero-order chi connectivity index (χ0) is 21.8. The van der Waals surface area contributed by atoms with E-state index in [0.717, 1.165) is 42.9 Å². The number of aromatic amines is 1. The van der Waals surface area contributed by atoms with Gasteiger partial charge in [0.2, 0.25) is 11.8 Å². The summed E-state index contributed by atoms with van der Waals surface area (Å²) >= 11 is 1.43. The lowest BCUT2D eigenvalue weighted by atomic mass is 10.2. The molecule has 2 fully saturated rings. The number of anilines is 1. The van der Waals surface area contributed by atoms with Crippen LogP contribution in [0.15, 0.2) is 29.4 Å². The Morgan fingerprint density at radius 2 is 2.16 bits per heavy atom. The Morgan fingerprint density at radius 3 is 2.84 bits per heavy atom. The third-order valence-electron chi connectivity index (χ3n) is 5.58. The molecule has 4 aromatic rings. The maximum atomic E-state index is 12.6. The van der Waals surface area contributed by atoms with E-state index in [4.69, 9.17) is 15.7 Å². The number of aromatic hydroxyl groups is 1. The number of nitrogens with one attached hydrogen (secondary N) is 1. The van der Waals surface area contributed by atoms with Crippen LogP contribution in [0.2, 0.25) is 0 Å². The molecule has 162 valence electrons. The van der Waals surface area contributed by atoms with Gasteiger partial charge in [0.05, 0.1) is 27.7 Å². The Hall–Kier alpha value is -3.73. The van der Waals surface area contributed by atoms with Crippen molar-refractivity contribution in [1.29, 1.82) is 0 Å². The molecule has 1 aliphatic heterocycles. The summed E-state index contributed by atoms with van der Waals surface area (Å²) in [7, 11) is 0. The predicted molar refractivity (Wildman–Crippen MR) is 119 cm³/mol. The van der Waals surface area contributed by atoms with Gasteiger partial charge in [0, 0.05) is 24.4 Å². The number of nitrogens with zero attached hydrogens (tertiary/aromatic N) is 6. The van der Waals surface area contributed by atoms with Gasteiger partial charge in [-0.25, -0.2) is 4.98 Å². The first kappa shape index (κ1) is 19.0. The monoisotopic (exact) mass is 448 g/mol. The molecule has 1 amide bonds. The summed E-state index contributed by atoms with van der Waals surface area (Å²) in [5.41, 5.74) is 8.06. The van der Waals surface area contributed by atoms with E-state index in [1.165, 1.54) is 11.3 Å². The van der Waals surface area contributed by atoms with Crippen LogP contribution in [0.4, 0.5) is 5.95 Å². The Kier molecular flexibility index (Phi) is 4.25. The number of hydrogen-bond donors (Lipinski definition) is 3. The van der Waals surface area contributed by atoms with E-state index in [2.05, 4.69) is 15.1 Å². The fourth-order valence-electron chi connectivity index (χ4n) is 3.59. The van der Waals surface area contributed by atoms with Crippen LogP contribution < -0.4 is 16.4 Å². The molecule has 0 atom stereocenters. The minimum absolute atomic E-state index is 0.0714. The molecule has 1 saturated carbocycles. The van der Waals surface area contributed by atoms with Crippen molar-refractivity contribution in [2.75, 3.05) is 18.8 Å². The maximum absolute atomic E-state index is 12.6. The van der Waals surface area contributed by atoms with Crippen molar-refractivity contribution in [3.05, 3.63) is 45.7 Å². The second-order valence-corrected chi connectivity index (χ2v) is 9.09. The minimum Gasteiger partial charge on any atom is -0.492 e. The normalized spacial score (nSPS) is 17.3. The van der Waals surface area contributed by atoms with Crippen LogP contribution in [0.1, 0.15) is 34.6 Å². The molecule has 0 bridgehead atoms. The second-order valence-electron chi connectivity index (χ2n) is 8.01. The Bertz CT molecular complexity index is 1480. The highest BCUT2D eigenvalue weighted by Crippen LogP contribution is 2.28. The van der Waals surface area contributed by atoms with Crippen LogP contribution in [0.25, 0.3) is 22.3 Å². The number of nitrogen functional groups attached to an aromatic ring is 1. The van der Waals surface area contributed by atoms with Gasteiger partial charge < -0.3 is 20.7 Å². The number of rotatable bonds is 4. The zero-order valence-corrected chi connectivity index (χ0v) is 17.8. The summed E-state index contributed by atoms with van der Waals surface area (Å²) in [5, 5.41) is 15.1. The van der Waals surface area contributed by atoms with E-state index in [1.807, 2.05) is 23.1 Å². The van der Waals surface area contributed by atoms with Gasteiger partial charge in [-0.3, -0.25) is 9.79 Å². The number of carbonyl (C=O) groups is 1. The Labute approximate surface area is 185 Å². The van der Waals surface area contributed by atoms with Crippen molar-refractivity contribution in [3.8, 4) is 16.5 Å². The van der Waals surface area contributed by atoms with Gasteiger partial charge in [0.25, 0.3) is 5.91 Å². The number of hydrogen-bond acceptors (Lipinski definition) is 8. The highest BCUT2D eigenvalue weighted by Gasteiger charge is 2.24. The van der Waals surface area contributed by atoms with E-state index in [1.54, 1.807) is 16.8 Å². The molecule has 1 saturated heterocycles. The molecule has 5 heterocycles. The molecular weight excluding hydrogens is 428 g/mol. The molecule has 4 N–H and O–H groups in total. The standard InChI is InChI=1S/C21H20N8O2S/c22-21-26-14(19(30)27-21)8-11-10-23-29-17(24-12-2-3-12)9-13(25-18(11)29)15-4-5-16(32-15)20(31)28-6-1-7-28/h4-5,8-10,12,30H,1-3,6-7H2,(H3,22,26,27). The number of fused-ring (bicyclic) bond motifs is 1. The van der Waals surface area contributed by atoms with E-state index < -0.39 is 0 Å². The van der Waals surface area contributed by atoms with Crippen LogP contribution in [0.3, 0.4) is 0 Å². The topological polar surface area (TPSA) is 138 Å². The maximum Gasteiger partial charge on any atom is 0.263 e. The third-order valence-corrected chi connectivity index (χ3v) is 6.68. The summed E-state index contributed by atoms with van der Waals surface area (Å²) < 4.78 is 1.70. The van der Waals surface area contributed by atoms with Gasteiger partial charge in [0.15, 0.2) is 11.1 Å². The number of nitrogens with two attached hydrogens (primary N) is 1. The van der Waals surface area contributed by atoms with Gasteiger partial charge in [-0.2, -0.15) is 14.6 Å². The van der Waals surface area contributed by atoms with Gasteiger partial charge in [-0.15, -0.1) is 11.3 Å². The lowest BCUT2D eigenvalue weighted by Gasteiger charge is -2.30. The van der Waals surface area contributed by atoms with Crippen LogP contribution in [-0.4, -0.2) is 59.6 Å². The SMILES string of the molecule is Nc1nc(O)c(C=c2cnn3c(=NC4CC4)cc(-c4ccc(C(=O)N5CCC5)s4)nc23)[nH]1. The minimum atomic E-state index is -0.187. The van der Waals surface area contributed by atoms with E-state index in [-0.39, 0.29) is 17.7 Å². The van der Waals surface area contributed by atoms with Crippen molar-refractivity contribution in [2.45, 2.75) is 25.3 Å². The number of imidazole rings is 1. The quantitative estimate of drug-likeness (QED) is 0.425. The van der Waals surface area contributed by atoms with E-state index in [9.17, 15) is 9.90 Å². The number of amides is 1.